The number of carbonyl (C=O) groups excluding carboxylic acids is 1. The van der Waals surface area contributed by atoms with Crippen LogP contribution in [0.2, 0.25) is 0 Å². The zero-order valence-corrected chi connectivity index (χ0v) is 13.6. The molecule has 0 aromatic carbocycles. The predicted octanol–water partition coefficient (Wildman–Crippen LogP) is 1.75. The Morgan fingerprint density at radius 2 is 1.58 bits per heavy atom. The van der Waals surface area contributed by atoms with Crippen molar-refractivity contribution in [3.8, 4) is 0 Å². The first-order chi connectivity index (χ1) is 8.42. The summed E-state index contributed by atoms with van der Waals surface area (Å²) in [4.78, 5) is 24.3. The number of nitrogens with zero attached hydrogens (tertiary/aromatic N) is 1. The monoisotopic (exact) mass is 274 g/mol. The van der Waals surface area contributed by atoms with Gasteiger partial charge in [-0.15, -0.1) is 0 Å². The molecule has 0 aromatic rings. The molecule has 5 nitrogen and oxygen atoms in total. The number of ketones is 1. The van der Waals surface area contributed by atoms with Gasteiger partial charge in [-0.1, -0.05) is 27.7 Å². The SMILES string of the molecule is CC.CC(=O)C(C)(C)CC(C)(N)C(C(=O)O)N(C)C. The summed E-state index contributed by atoms with van der Waals surface area (Å²) in [5, 5.41) is 9.21. The first-order valence-electron chi connectivity index (χ1n) is 6.61. The Labute approximate surface area is 117 Å². The lowest BCUT2D eigenvalue weighted by molar-refractivity contribution is -0.146. The van der Waals surface area contributed by atoms with Crippen LogP contribution in [0.3, 0.4) is 0 Å². The Hall–Kier alpha value is -0.940. The minimum absolute atomic E-state index is 0.0112. The average molecular weight is 274 g/mol. The van der Waals surface area contributed by atoms with Crippen molar-refractivity contribution in [1.29, 1.82) is 0 Å². The number of carbonyl (C=O) groups is 2. The zero-order chi connectivity index (χ0) is 16.0. The molecule has 0 aliphatic carbocycles. The van der Waals surface area contributed by atoms with Gasteiger partial charge in [0.05, 0.1) is 0 Å². The summed E-state index contributed by atoms with van der Waals surface area (Å²) in [7, 11) is 3.34. The lowest BCUT2D eigenvalue weighted by Crippen LogP contribution is -2.60. The smallest absolute Gasteiger partial charge is 0.322 e. The van der Waals surface area contributed by atoms with Crippen molar-refractivity contribution in [3.63, 3.8) is 0 Å². The largest absolute Gasteiger partial charge is 0.480 e. The van der Waals surface area contributed by atoms with Crippen LogP contribution in [0.25, 0.3) is 0 Å². The van der Waals surface area contributed by atoms with Crippen LogP contribution in [0, 0.1) is 5.41 Å². The van der Waals surface area contributed by atoms with Gasteiger partial charge < -0.3 is 10.8 Å². The summed E-state index contributed by atoms with van der Waals surface area (Å²) in [6, 6.07) is -0.818. The molecule has 0 saturated heterocycles. The van der Waals surface area contributed by atoms with Gasteiger partial charge in [-0.2, -0.15) is 0 Å². The number of carboxylic acid groups (broad SMARTS) is 1. The highest BCUT2D eigenvalue weighted by Gasteiger charge is 2.42. The van der Waals surface area contributed by atoms with E-state index in [0.717, 1.165) is 0 Å². The van der Waals surface area contributed by atoms with E-state index in [1.165, 1.54) is 6.92 Å². The molecule has 0 radical (unpaired) electrons. The Morgan fingerprint density at radius 1 is 1.21 bits per heavy atom. The van der Waals surface area contributed by atoms with E-state index in [-0.39, 0.29) is 5.78 Å². The molecular formula is C14H30N2O3. The van der Waals surface area contributed by atoms with Gasteiger partial charge in [0, 0.05) is 11.0 Å². The highest BCUT2D eigenvalue weighted by molar-refractivity contribution is 5.82. The maximum atomic E-state index is 11.5. The fraction of sp³-hybridized carbons (Fsp3) is 0.857. The molecule has 0 aromatic heterocycles. The molecule has 0 amide bonds. The Balaban J connectivity index is 0. The molecular weight excluding hydrogens is 244 g/mol. The van der Waals surface area contributed by atoms with Gasteiger partial charge in [0.15, 0.2) is 0 Å². The molecule has 0 saturated carbocycles. The third-order valence-electron chi connectivity index (χ3n) is 3.15. The quantitative estimate of drug-likeness (QED) is 0.771. The summed E-state index contributed by atoms with van der Waals surface area (Å²) < 4.78 is 0. The number of nitrogens with two attached hydrogens (primary N) is 1. The number of carboxylic acids is 1. The fourth-order valence-corrected chi connectivity index (χ4v) is 2.27. The third-order valence-corrected chi connectivity index (χ3v) is 3.15. The highest BCUT2D eigenvalue weighted by atomic mass is 16.4. The lowest BCUT2D eigenvalue weighted by atomic mass is 9.74. The molecule has 0 fully saturated rings. The van der Waals surface area contributed by atoms with E-state index in [9.17, 15) is 14.7 Å². The van der Waals surface area contributed by atoms with E-state index in [1.807, 2.05) is 13.8 Å². The van der Waals surface area contributed by atoms with Gasteiger partial charge in [0.2, 0.25) is 0 Å². The molecule has 19 heavy (non-hydrogen) atoms. The van der Waals surface area contributed by atoms with E-state index in [0.29, 0.717) is 6.42 Å². The second kappa shape index (κ2) is 7.60. The topological polar surface area (TPSA) is 83.6 Å². The van der Waals surface area contributed by atoms with Crippen molar-refractivity contribution in [1.82, 2.24) is 4.90 Å². The molecule has 0 spiro atoms. The third kappa shape index (κ3) is 6.16. The molecule has 0 aliphatic heterocycles. The number of Topliss-reactive ketones (excluding diaryl/α,β-unsaturated/α-hetero) is 1. The van der Waals surface area contributed by atoms with Crippen LogP contribution in [-0.2, 0) is 9.59 Å². The van der Waals surface area contributed by atoms with Crippen LogP contribution in [0.15, 0.2) is 0 Å². The van der Waals surface area contributed by atoms with Crippen LogP contribution in [0.1, 0.15) is 48.0 Å². The number of aliphatic carboxylic acids is 1. The summed E-state index contributed by atoms with van der Waals surface area (Å²) >= 11 is 0. The van der Waals surface area contributed by atoms with Crippen LogP contribution in [0.5, 0.6) is 0 Å². The minimum atomic E-state index is -0.973. The second-order valence-electron chi connectivity index (χ2n) is 5.83. The van der Waals surface area contributed by atoms with Gasteiger partial charge in [-0.25, -0.2) is 0 Å². The molecule has 3 N–H and O–H groups in total. The van der Waals surface area contributed by atoms with Crippen molar-refractivity contribution < 1.29 is 14.7 Å². The van der Waals surface area contributed by atoms with Crippen molar-refractivity contribution in [3.05, 3.63) is 0 Å². The molecule has 0 rings (SSSR count). The van der Waals surface area contributed by atoms with Crippen LogP contribution < -0.4 is 5.73 Å². The summed E-state index contributed by atoms with van der Waals surface area (Å²) in [6.07, 6.45) is 0.324. The minimum Gasteiger partial charge on any atom is -0.480 e. The predicted molar refractivity (Wildman–Crippen MR) is 78.1 cm³/mol. The van der Waals surface area contributed by atoms with Crippen molar-refractivity contribution in [2.24, 2.45) is 11.1 Å². The van der Waals surface area contributed by atoms with Crippen LogP contribution in [0.4, 0.5) is 0 Å². The molecule has 0 heterocycles. The lowest BCUT2D eigenvalue weighted by Gasteiger charge is -2.39. The average Bonchev–Trinajstić information content (AvgIpc) is 2.16. The van der Waals surface area contributed by atoms with E-state index in [1.54, 1.807) is 39.8 Å². The normalized spacial score (nSPS) is 16.1. The fourth-order valence-electron chi connectivity index (χ4n) is 2.27. The second-order valence-corrected chi connectivity index (χ2v) is 5.83. The standard InChI is InChI=1S/C12H24N2O3.C2H6/c1-8(15)11(2,3)7-12(4,13)9(10(16)17)14(5)6;1-2/h9H,7,13H2,1-6H3,(H,16,17);1-2H3. The van der Waals surface area contributed by atoms with E-state index in [2.05, 4.69) is 0 Å². The number of hydrogen-bond acceptors (Lipinski definition) is 4. The zero-order valence-electron chi connectivity index (χ0n) is 13.6. The summed E-state index contributed by atoms with van der Waals surface area (Å²) in [6.45, 7) is 10.8. The van der Waals surface area contributed by atoms with E-state index in [4.69, 9.17) is 5.73 Å². The van der Waals surface area contributed by atoms with Gasteiger partial charge in [-0.05, 0) is 34.4 Å². The number of likely N-dealkylation sites (N-methyl/N-ethyl adjacent to an activating group) is 1. The van der Waals surface area contributed by atoms with Gasteiger partial charge in [0.25, 0.3) is 0 Å². The molecule has 0 bridgehead atoms. The van der Waals surface area contributed by atoms with Crippen molar-refractivity contribution in [2.45, 2.75) is 59.5 Å². The molecule has 5 heteroatoms. The highest BCUT2D eigenvalue weighted by Crippen LogP contribution is 2.30. The van der Waals surface area contributed by atoms with Gasteiger partial charge >= 0.3 is 5.97 Å². The number of hydrogen-bond donors (Lipinski definition) is 2. The van der Waals surface area contributed by atoms with Crippen molar-refractivity contribution >= 4 is 11.8 Å². The Bertz CT molecular complexity index is 310. The Kier molecular flexibility index (Phi) is 8.15. The first-order valence-corrected chi connectivity index (χ1v) is 6.61. The van der Waals surface area contributed by atoms with Crippen molar-refractivity contribution in [2.75, 3.05) is 14.1 Å². The van der Waals surface area contributed by atoms with Gasteiger partial charge in [-0.3, -0.25) is 14.5 Å². The maximum Gasteiger partial charge on any atom is 0.322 e. The molecule has 2 unspecified atom stereocenters. The van der Waals surface area contributed by atoms with Crippen LogP contribution >= 0.6 is 0 Å². The molecule has 114 valence electrons. The molecule has 2 atom stereocenters. The summed E-state index contributed by atoms with van der Waals surface area (Å²) in [5.41, 5.74) is 4.53. The van der Waals surface area contributed by atoms with Gasteiger partial charge in [0.1, 0.15) is 11.8 Å². The molecule has 0 aliphatic rings. The summed E-state index contributed by atoms with van der Waals surface area (Å²) in [5.74, 6) is -0.962. The van der Waals surface area contributed by atoms with Crippen LogP contribution in [-0.4, -0.2) is 47.4 Å². The first kappa shape index (κ1) is 20.4. The van der Waals surface area contributed by atoms with E-state index < -0.39 is 23.0 Å². The maximum absolute atomic E-state index is 11.5. The number of rotatable bonds is 6. The Morgan fingerprint density at radius 3 is 1.79 bits per heavy atom. The van der Waals surface area contributed by atoms with E-state index >= 15 is 0 Å².